The molecule has 1 aromatic rings. The molecule has 76 valence electrons. The smallest absolute Gasteiger partial charge is 0.129 e. The second-order valence-electron chi connectivity index (χ2n) is 4.16. The van der Waals surface area contributed by atoms with E-state index in [9.17, 15) is 0 Å². The largest absolute Gasteiger partial charge is 0.368 e. The van der Waals surface area contributed by atoms with Crippen molar-refractivity contribution in [3.8, 4) is 0 Å². The number of rotatable bonds is 1. The van der Waals surface area contributed by atoms with E-state index in [-0.39, 0.29) is 5.54 Å². The molecule has 0 saturated carbocycles. The van der Waals surface area contributed by atoms with Crippen LogP contribution in [0.3, 0.4) is 0 Å². The molecular formula is C10H14ClN3. The molecule has 1 aliphatic rings. The van der Waals surface area contributed by atoms with Crippen molar-refractivity contribution in [2.45, 2.75) is 18.9 Å². The first-order chi connectivity index (χ1) is 6.57. The average Bonchev–Trinajstić information content (AvgIpc) is 2.47. The van der Waals surface area contributed by atoms with E-state index < -0.39 is 0 Å². The maximum absolute atomic E-state index is 6.05. The van der Waals surface area contributed by atoms with Crippen molar-refractivity contribution in [2.24, 2.45) is 5.73 Å². The molecule has 4 heteroatoms. The second-order valence-corrected chi connectivity index (χ2v) is 4.55. The Bertz CT molecular complexity index is 321. The van der Waals surface area contributed by atoms with Crippen molar-refractivity contribution in [1.29, 1.82) is 0 Å². The highest BCUT2D eigenvalue weighted by molar-refractivity contribution is 6.29. The van der Waals surface area contributed by atoms with Crippen LogP contribution in [-0.2, 0) is 0 Å². The number of halogens is 1. The molecule has 1 atom stereocenters. The molecule has 1 saturated heterocycles. The minimum Gasteiger partial charge on any atom is -0.368 e. The van der Waals surface area contributed by atoms with Crippen LogP contribution in [0.4, 0.5) is 5.69 Å². The maximum Gasteiger partial charge on any atom is 0.129 e. The van der Waals surface area contributed by atoms with Crippen LogP contribution in [0, 0.1) is 0 Å². The van der Waals surface area contributed by atoms with Crippen molar-refractivity contribution in [1.82, 2.24) is 4.98 Å². The van der Waals surface area contributed by atoms with Crippen LogP contribution >= 0.6 is 11.6 Å². The molecule has 1 aliphatic heterocycles. The second kappa shape index (κ2) is 3.41. The monoisotopic (exact) mass is 211 g/mol. The van der Waals surface area contributed by atoms with Gasteiger partial charge in [0.2, 0.25) is 0 Å². The summed E-state index contributed by atoms with van der Waals surface area (Å²) < 4.78 is 0. The predicted molar refractivity (Wildman–Crippen MR) is 58.7 cm³/mol. The van der Waals surface area contributed by atoms with E-state index >= 15 is 0 Å². The Morgan fingerprint density at radius 2 is 2.36 bits per heavy atom. The molecule has 0 aromatic carbocycles. The van der Waals surface area contributed by atoms with Gasteiger partial charge in [-0.1, -0.05) is 11.6 Å². The number of hydrogen-bond donors (Lipinski definition) is 1. The van der Waals surface area contributed by atoms with Crippen molar-refractivity contribution in [3.05, 3.63) is 23.5 Å². The van der Waals surface area contributed by atoms with E-state index in [0.29, 0.717) is 5.15 Å². The van der Waals surface area contributed by atoms with Gasteiger partial charge in [-0.05, 0) is 25.5 Å². The molecule has 2 N–H and O–H groups in total. The number of pyridine rings is 1. The molecule has 1 aromatic heterocycles. The van der Waals surface area contributed by atoms with Crippen molar-refractivity contribution in [3.63, 3.8) is 0 Å². The van der Waals surface area contributed by atoms with Gasteiger partial charge < -0.3 is 10.6 Å². The van der Waals surface area contributed by atoms with Crippen LogP contribution < -0.4 is 10.6 Å². The number of nitrogens with two attached hydrogens (primary N) is 1. The molecule has 1 fully saturated rings. The summed E-state index contributed by atoms with van der Waals surface area (Å²) >= 11 is 5.72. The molecule has 0 bridgehead atoms. The third-order valence-corrected chi connectivity index (χ3v) is 2.81. The number of anilines is 1. The van der Waals surface area contributed by atoms with Gasteiger partial charge in [-0.15, -0.1) is 0 Å². The number of hydrogen-bond acceptors (Lipinski definition) is 3. The summed E-state index contributed by atoms with van der Waals surface area (Å²) in [5.41, 5.74) is 7.08. The maximum atomic E-state index is 6.05. The minimum atomic E-state index is -0.0698. The molecular weight excluding hydrogens is 198 g/mol. The number of aromatic nitrogens is 1. The Hall–Kier alpha value is -0.800. The molecule has 3 nitrogen and oxygen atoms in total. The molecule has 14 heavy (non-hydrogen) atoms. The van der Waals surface area contributed by atoms with Crippen LogP contribution in [0.2, 0.25) is 5.15 Å². The van der Waals surface area contributed by atoms with Crippen molar-refractivity contribution in [2.75, 3.05) is 18.0 Å². The van der Waals surface area contributed by atoms with Crippen LogP contribution in [0.1, 0.15) is 13.3 Å². The van der Waals surface area contributed by atoms with Crippen LogP contribution in [0.5, 0.6) is 0 Å². The van der Waals surface area contributed by atoms with E-state index in [0.717, 1.165) is 25.2 Å². The van der Waals surface area contributed by atoms with Gasteiger partial charge in [0.25, 0.3) is 0 Å². The first-order valence-electron chi connectivity index (χ1n) is 4.72. The zero-order valence-corrected chi connectivity index (χ0v) is 8.96. The van der Waals surface area contributed by atoms with E-state index in [1.54, 1.807) is 6.20 Å². The molecule has 0 radical (unpaired) electrons. The topological polar surface area (TPSA) is 42.1 Å². The fourth-order valence-corrected chi connectivity index (χ4v) is 1.87. The molecule has 0 spiro atoms. The van der Waals surface area contributed by atoms with Gasteiger partial charge in [0, 0.05) is 18.6 Å². The van der Waals surface area contributed by atoms with E-state index in [4.69, 9.17) is 17.3 Å². The van der Waals surface area contributed by atoms with E-state index in [1.807, 2.05) is 12.1 Å². The SMILES string of the molecule is CC1(N)CCN(c2ccc(Cl)nc2)C1. The van der Waals surface area contributed by atoms with Gasteiger partial charge in [0.15, 0.2) is 0 Å². The van der Waals surface area contributed by atoms with Gasteiger partial charge in [-0.3, -0.25) is 0 Å². The Morgan fingerprint density at radius 1 is 1.57 bits per heavy atom. The molecule has 2 heterocycles. The fourth-order valence-electron chi connectivity index (χ4n) is 1.76. The third kappa shape index (κ3) is 1.99. The van der Waals surface area contributed by atoms with Gasteiger partial charge in [-0.25, -0.2) is 4.98 Å². The van der Waals surface area contributed by atoms with Crippen molar-refractivity contribution < 1.29 is 0 Å². The molecule has 0 aliphatic carbocycles. The highest BCUT2D eigenvalue weighted by atomic mass is 35.5. The zero-order valence-electron chi connectivity index (χ0n) is 8.20. The Morgan fingerprint density at radius 3 is 2.86 bits per heavy atom. The van der Waals surface area contributed by atoms with E-state index in [2.05, 4.69) is 16.8 Å². The summed E-state index contributed by atoms with van der Waals surface area (Å²) in [6.45, 7) is 3.96. The molecule has 2 rings (SSSR count). The normalized spacial score (nSPS) is 26.9. The summed E-state index contributed by atoms with van der Waals surface area (Å²) in [6.07, 6.45) is 2.82. The van der Waals surface area contributed by atoms with Gasteiger partial charge in [-0.2, -0.15) is 0 Å². The van der Waals surface area contributed by atoms with Crippen LogP contribution in [-0.4, -0.2) is 23.6 Å². The van der Waals surface area contributed by atoms with Crippen LogP contribution in [0.15, 0.2) is 18.3 Å². The third-order valence-electron chi connectivity index (χ3n) is 2.58. The fraction of sp³-hybridized carbons (Fsp3) is 0.500. The quantitative estimate of drug-likeness (QED) is 0.719. The summed E-state index contributed by atoms with van der Waals surface area (Å²) in [6, 6.07) is 3.79. The Kier molecular flexibility index (Phi) is 2.37. The highest BCUT2D eigenvalue weighted by Gasteiger charge is 2.29. The Balaban J connectivity index is 2.14. The molecule has 1 unspecified atom stereocenters. The predicted octanol–water partition coefficient (Wildman–Crippen LogP) is 1.66. The zero-order chi connectivity index (χ0) is 10.2. The average molecular weight is 212 g/mol. The highest BCUT2D eigenvalue weighted by Crippen LogP contribution is 2.24. The standard InChI is InChI=1S/C10H14ClN3/c1-10(12)4-5-14(7-10)8-2-3-9(11)13-6-8/h2-3,6H,4-5,7,12H2,1H3. The summed E-state index contributed by atoms with van der Waals surface area (Å²) in [5, 5.41) is 0.531. The first kappa shape index (κ1) is 9.74. The molecule has 0 amide bonds. The van der Waals surface area contributed by atoms with Gasteiger partial charge >= 0.3 is 0 Å². The lowest BCUT2D eigenvalue weighted by Gasteiger charge is -2.21. The Labute approximate surface area is 88.9 Å². The number of nitrogens with zero attached hydrogens (tertiary/aromatic N) is 2. The lowest BCUT2D eigenvalue weighted by molar-refractivity contribution is 0.525. The first-order valence-corrected chi connectivity index (χ1v) is 5.10. The van der Waals surface area contributed by atoms with E-state index in [1.165, 1.54) is 0 Å². The minimum absolute atomic E-state index is 0.0698. The summed E-state index contributed by atoms with van der Waals surface area (Å²) in [7, 11) is 0. The van der Waals surface area contributed by atoms with Gasteiger partial charge in [0.05, 0.1) is 11.9 Å². The lowest BCUT2D eigenvalue weighted by Crippen LogP contribution is -2.39. The van der Waals surface area contributed by atoms with Gasteiger partial charge in [0.1, 0.15) is 5.15 Å². The summed E-state index contributed by atoms with van der Waals surface area (Å²) in [4.78, 5) is 6.29. The van der Waals surface area contributed by atoms with Crippen molar-refractivity contribution >= 4 is 17.3 Å². The summed E-state index contributed by atoms with van der Waals surface area (Å²) in [5.74, 6) is 0. The lowest BCUT2D eigenvalue weighted by atomic mass is 10.0. The van der Waals surface area contributed by atoms with Crippen LogP contribution in [0.25, 0.3) is 0 Å².